The molecule has 0 amide bonds. The highest BCUT2D eigenvalue weighted by Gasteiger charge is 2.13. The largest absolute Gasteiger partial charge is 0.410 e. The summed E-state index contributed by atoms with van der Waals surface area (Å²) in [6.07, 6.45) is 0. The third-order valence-corrected chi connectivity index (χ3v) is 3.63. The van der Waals surface area contributed by atoms with Gasteiger partial charge in [-0.25, -0.2) is 4.98 Å². The van der Waals surface area contributed by atoms with E-state index in [0.717, 1.165) is 10.6 Å². The molecule has 7 heteroatoms. The molecule has 0 saturated heterocycles. The summed E-state index contributed by atoms with van der Waals surface area (Å²) in [5.41, 5.74) is 1.52. The molecule has 0 fully saturated rings. The van der Waals surface area contributed by atoms with E-state index in [4.69, 9.17) is 16.0 Å². The van der Waals surface area contributed by atoms with Gasteiger partial charge in [0.05, 0.1) is 5.02 Å². The van der Waals surface area contributed by atoms with Gasteiger partial charge in [0.25, 0.3) is 11.1 Å². The van der Waals surface area contributed by atoms with Crippen LogP contribution in [0.3, 0.4) is 0 Å². The Morgan fingerprint density at radius 2 is 2.06 bits per heavy atom. The molecule has 0 unspecified atom stereocenters. The van der Waals surface area contributed by atoms with Gasteiger partial charge in [-0.15, -0.1) is 21.5 Å². The van der Waals surface area contributed by atoms with Crippen LogP contribution in [-0.2, 0) is 0 Å². The van der Waals surface area contributed by atoms with E-state index in [9.17, 15) is 0 Å². The van der Waals surface area contributed by atoms with Gasteiger partial charge in [-0.3, -0.25) is 0 Å². The fourth-order valence-electron chi connectivity index (χ4n) is 1.45. The standard InChI is InChI=1S/C11H6ClN3OS2/c12-7-4-2-1-3-6(7)10-13-8(5-18-10)9-14-15-11(17)16-9/h1-5H,(H,15,17). The molecule has 0 atom stereocenters. The van der Waals surface area contributed by atoms with E-state index in [0.29, 0.717) is 16.6 Å². The lowest BCUT2D eigenvalue weighted by Crippen LogP contribution is -1.80. The van der Waals surface area contributed by atoms with E-state index in [1.807, 2.05) is 29.6 Å². The molecule has 2 aromatic heterocycles. The highest BCUT2D eigenvalue weighted by Crippen LogP contribution is 2.32. The van der Waals surface area contributed by atoms with Crippen molar-refractivity contribution in [2.75, 3.05) is 0 Å². The minimum Gasteiger partial charge on any atom is -0.410 e. The molecule has 0 spiro atoms. The lowest BCUT2D eigenvalue weighted by atomic mass is 10.2. The van der Waals surface area contributed by atoms with Gasteiger partial charge in [0.1, 0.15) is 10.7 Å². The second-order valence-corrected chi connectivity index (χ2v) is 5.06. The van der Waals surface area contributed by atoms with Gasteiger partial charge < -0.3 is 4.42 Å². The molecular weight excluding hydrogens is 290 g/mol. The van der Waals surface area contributed by atoms with Crippen molar-refractivity contribution in [1.82, 2.24) is 15.2 Å². The predicted octanol–water partition coefficient (Wildman–Crippen LogP) is 3.80. The van der Waals surface area contributed by atoms with Crippen LogP contribution in [-0.4, -0.2) is 15.2 Å². The van der Waals surface area contributed by atoms with E-state index in [1.54, 1.807) is 0 Å². The maximum Gasteiger partial charge on any atom is 0.273 e. The molecule has 0 saturated carbocycles. The normalized spacial score (nSPS) is 10.8. The molecule has 0 aliphatic rings. The summed E-state index contributed by atoms with van der Waals surface area (Å²) < 4.78 is 5.20. The summed E-state index contributed by atoms with van der Waals surface area (Å²) in [6, 6.07) is 7.55. The van der Waals surface area contributed by atoms with Gasteiger partial charge in [0.15, 0.2) is 0 Å². The summed E-state index contributed by atoms with van der Waals surface area (Å²) in [7, 11) is 0. The Labute approximate surface area is 117 Å². The van der Waals surface area contributed by atoms with E-state index >= 15 is 0 Å². The van der Waals surface area contributed by atoms with Gasteiger partial charge in [0, 0.05) is 10.9 Å². The average Bonchev–Trinajstić information content (AvgIpc) is 2.98. The molecule has 0 aliphatic heterocycles. The van der Waals surface area contributed by atoms with E-state index < -0.39 is 0 Å². The lowest BCUT2D eigenvalue weighted by molar-refractivity contribution is 0.467. The summed E-state index contributed by atoms with van der Waals surface area (Å²) in [4.78, 5) is 4.43. The zero-order valence-electron chi connectivity index (χ0n) is 8.87. The van der Waals surface area contributed by atoms with Gasteiger partial charge >= 0.3 is 0 Å². The van der Waals surface area contributed by atoms with Crippen molar-refractivity contribution >= 4 is 35.6 Å². The van der Waals surface area contributed by atoms with Crippen LogP contribution >= 0.6 is 35.6 Å². The Kier molecular flexibility index (Phi) is 3.07. The number of aromatic nitrogens is 3. The Bertz CT molecular complexity index is 695. The van der Waals surface area contributed by atoms with Gasteiger partial charge in [-0.1, -0.05) is 42.4 Å². The number of rotatable bonds is 2. The fraction of sp³-hybridized carbons (Fsp3) is 0. The van der Waals surface area contributed by atoms with Crippen LogP contribution in [0.1, 0.15) is 0 Å². The maximum atomic E-state index is 6.12. The molecule has 3 rings (SSSR count). The SMILES string of the molecule is Sc1nnc(-c2csc(-c3ccccc3Cl)n2)o1. The Hall–Kier alpha value is -1.37. The number of hydrogen-bond donors (Lipinski definition) is 1. The third kappa shape index (κ3) is 2.14. The zero-order valence-corrected chi connectivity index (χ0v) is 11.3. The molecular formula is C11H6ClN3OS2. The molecule has 0 N–H and O–H groups in total. The topological polar surface area (TPSA) is 51.8 Å². The zero-order chi connectivity index (χ0) is 12.5. The summed E-state index contributed by atoms with van der Waals surface area (Å²) in [5.74, 6) is 0.356. The van der Waals surface area contributed by atoms with Crippen molar-refractivity contribution in [1.29, 1.82) is 0 Å². The van der Waals surface area contributed by atoms with Crippen LogP contribution in [0.25, 0.3) is 22.2 Å². The van der Waals surface area contributed by atoms with Crippen LogP contribution in [0.4, 0.5) is 0 Å². The Morgan fingerprint density at radius 3 is 2.78 bits per heavy atom. The van der Waals surface area contributed by atoms with Crippen molar-refractivity contribution < 1.29 is 4.42 Å². The molecule has 0 aliphatic carbocycles. The average molecular weight is 296 g/mol. The van der Waals surface area contributed by atoms with E-state index in [-0.39, 0.29) is 5.22 Å². The molecule has 0 bridgehead atoms. The first-order valence-electron chi connectivity index (χ1n) is 4.97. The highest BCUT2D eigenvalue weighted by molar-refractivity contribution is 7.80. The van der Waals surface area contributed by atoms with Crippen molar-refractivity contribution in [3.8, 4) is 22.2 Å². The van der Waals surface area contributed by atoms with Crippen LogP contribution in [0.15, 0.2) is 39.3 Å². The molecule has 4 nitrogen and oxygen atoms in total. The first-order valence-corrected chi connectivity index (χ1v) is 6.68. The van der Waals surface area contributed by atoms with Crippen molar-refractivity contribution in [3.63, 3.8) is 0 Å². The van der Waals surface area contributed by atoms with Crippen molar-refractivity contribution in [2.24, 2.45) is 0 Å². The Morgan fingerprint density at radius 1 is 1.22 bits per heavy atom. The monoisotopic (exact) mass is 295 g/mol. The van der Waals surface area contributed by atoms with E-state index in [1.165, 1.54) is 11.3 Å². The minimum absolute atomic E-state index is 0.220. The second-order valence-electron chi connectivity index (χ2n) is 3.41. The number of benzene rings is 1. The molecule has 18 heavy (non-hydrogen) atoms. The maximum absolute atomic E-state index is 6.12. The highest BCUT2D eigenvalue weighted by atomic mass is 35.5. The van der Waals surface area contributed by atoms with Gasteiger partial charge in [-0.2, -0.15) is 0 Å². The second kappa shape index (κ2) is 4.72. The number of hydrogen-bond acceptors (Lipinski definition) is 6. The molecule has 0 radical (unpaired) electrons. The minimum atomic E-state index is 0.220. The Balaban J connectivity index is 2.02. The number of thiol groups is 1. The molecule has 3 aromatic rings. The molecule has 90 valence electrons. The summed E-state index contributed by atoms with van der Waals surface area (Å²) in [5, 5.41) is 11.1. The third-order valence-electron chi connectivity index (χ3n) is 2.24. The fourth-order valence-corrected chi connectivity index (χ4v) is 2.69. The summed E-state index contributed by atoms with van der Waals surface area (Å²) in [6.45, 7) is 0. The number of halogens is 1. The first kappa shape index (κ1) is 11.7. The molecule has 1 aromatic carbocycles. The van der Waals surface area contributed by atoms with Crippen LogP contribution in [0.2, 0.25) is 5.02 Å². The smallest absolute Gasteiger partial charge is 0.273 e. The number of nitrogens with zero attached hydrogens (tertiary/aromatic N) is 3. The first-order chi connectivity index (χ1) is 8.74. The number of thiazole rings is 1. The van der Waals surface area contributed by atoms with Gasteiger partial charge in [0.2, 0.25) is 0 Å². The predicted molar refractivity (Wildman–Crippen MR) is 73.1 cm³/mol. The van der Waals surface area contributed by atoms with Crippen molar-refractivity contribution in [3.05, 3.63) is 34.7 Å². The van der Waals surface area contributed by atoms with Crippen LogP contribution in [0, 0.1) is 0 Å². The molecule has 2 heterocycles. The van der Waals surface area contributed by atoms with Crippen molar-refractivity contribution in [2.45, 2.75) is 5.22 Å². The lowest BCUT2D eigenvalue weighted by Gasteiger charge is -1.97. The van der Waals surface area contributed by atoms with Crippen LogP contribution < -0.4 is 0 Å². The van der Waals surface area contributed by atoms with Gasteiger partial charge in [-0.05, 0) is 6.07 Å². The van der Waals surface area contributed by atoms with E-state index in [2.05, 4.69) is 27.8 Å². The quantitative estimate of drug-likeness (QED) is 0.731. The van der Waals surface area contributed by atoms with Crippen LogP contribution in [0.5, 0.6) is 0 Å². The summed E-state index contributed by atoms with van der Waals surface area (Å²) >= 11 is 11.6.